The maximum absolute atomic E-state index is 12.4. The van der Waals surface area contributed by atoms with E-state index in [2.05, 4.69) is 20.8 Å². The second kappa shape index (κ2) is 14.3. The van der Waals surface area contributed by atoms with E-state index in [9.17, 15) is 4.79 Å². The second-order valence-corrected chi connectivity index (χ2v) is 12.5. The van der Waals surface area contributed by atoms with Crippen LogP contribution in [0, 0.1) is 0 Å². The number of carbonyl (C=O) groups excluding carboxylic acids is 1. The third-order valence-electron chi connectivity index (χ3n) is 6.29. The summed E-state index contributed by atoms with van der Waals surface area (Å²) in [5, 5.41) is 0.781. The van der Waals surface area contributed by atoms with E-state index in [1.165, 1.54) is 18.6 Å². The van der Waals surface area contributed by atoms with E-state index < -0.39 is 5.60 Å². The molecule has 0 radical (unpaired) electrons. The van der Waals surface area contributed by atoms with Gasteiger partial charge in [-0.05, 0) is 65.7 Å². The Kier molecular flexibility index (Phi) is 12.6. The first kappa shape index (κ1) is 27.3. The lowest BCUT2D eigenvalue weighted by atomic mass is 9.98. The van der Waals surface area contributed by atoms with Gasteiger partial charge in [-0.2, -0.15) is 0 Å². The molecular weight excluding hydrogens is 432 g/mol. The lowest BCUT2D eigenvalue weighted by molar-refractivity contribution is -0.162. The van der Waals surface area contributed by atoms with Gasteiger partial charge in [-0.25, -0.2) is 0 Å². The molecule has 0 aromatic heterocycles. The fraction of sp³-hybridized carbons (Fsp3) is 0.958. The summed E-state index contributed by atoms with van der Waals surface area (Å²) in [5.41, 5.74) is -0.715. The fourth-order valence-electron chi connectivity index (χ4n) is 3.76. The Labute approximate surface area is 197 Å². The molecule has 2 rings (SSSR count). The average Bonchev–Trinajstić information content (AvgIpc) is 3.42. The van der Waals surface area contributed by atoms with Gasteiger partial charge in [0.1, 0.15) is 5.60 Å². The summed E-state index contributed by atoms with van der Waals surface area (Å²) in [6.45, 7) is 11.1. The van der Waals surface area contributed by atoms with E-state index in [-0.39, 0.29) is 17.7 Å². The lowest BCUT2D eigenvalue weighted by Crippen LogP contribution is -2.35. The number of ether oxygens (including phenoxy) is 4. The zero-order valence-corrected chi connectivity index (χ0v) is 21.8. The molecule has 5 nitrogen and oxygen atoms in total. The van der Waals surface area contributed by atoms with Crippen LogP contribution in [0.4, 0.5) is 0 Å². The van der Waals surface area contributed by atoms with E-state index >= 15 is 0 Å². The first-order valence-electron chi connectivity index (χ1n) is 12.2. The first-order valence-corrected chi connectivity index (χ1v) is 14.5. The van der Waals surface area contributed by atoms with E-state index in [0.29, 0.717) is 32.7 Å². The number of carbonyl (C=O) groups is 1. The van der Waals surface area contributed by atoms with Crippen LogP contribution in [0.1, 0.15) is 91.9 Å². The van der Waals surface area contributed by atoms with Crippen molar-refractivity contribution >= 4 is 27.6 Å². The van der Waals surface area contributed by atoms with Crippen molar-refractivity contribution in [3.63, 3.8) is 0 Å². The van der Waals surface area contributed by atoms with Crippen molar-refractivity contribution in [2.45, 2.75) is 114 Å². The van der Waals surface area contributed by atoms with Crippen LogP contribution < -0.4 is 0 Å². The molecule has 2 aliphatic rings. The van der Waals surface area contributed by atoms with Crippen LogP contribution in [0.3, 0.4) is 0 Å². The normalized spacial score (nSPS) is 23.7. The third-order valence-corrected chi connectivity index (χ3v) is 9.30. The van der Waals surface area contributed by atoms with Crippen molar-refractivity contribution in [1.29, 1.82) is 0 Å². The minimum atomic E-state index is -0.457. The molecule has 0 aliphatic carbocycles. The van der Waals surface area contributed by atoms with Crippen LogP contribution in [0.25, 0.3) is 0 Å². The fourth-order valence-corrected chi connectivity index (χ4v) is 6.78. The Bertz CT molecular complexity index is 504. The maximum Gasteiger partial charge on any atom is 0.306 e. The van der Waals surface area contributed by atoms with Gasteiger partial charge in [0.25, 0.3) is 0 Å². The zero-order chi connectivity index (χ0) is 22.6. The van der Waals surface area contributed by atoms with Gasteiger partial charge in [0.05, 0.1) is 24.9 Å². The minimum Gasteiger partial charge on any atom is -0.459 e. The minimum absolute atomic E-state index is 0.0698. The van der Waals surface area contributed by atoms with Crippen molar-refractivity contribution in [3.8, 4) is 0 Å². The zero-order valence-electron chi connectivity index (χ0n) is 20.1. The van der Waals surface area contributed by atoms with Crippen LogP contribution in [-0.4, -0.2) is 60.7 Å². The SMILES string of the molecule is CCC(C)(CCOC(C)(C)CCOCC1CCCO1)OC(=O)CCCCC1CCSS1. The molecule has 0 saturated carbocycles. The summed E-state index contributed by atoms with van der Waals surface area (Å²) in [6.07, 6.45) is 9.95. The number of unbranched alkanes of at least 4 members (excludes halogenated alkanes) is 1. The van der Waals surface area contributed by atoms with E-state index in [1.54, 1.807) is 0 Å². The highest BCUT2D eigenvalue weighted by Gasteiger charge is 2.28. The molecule has 3 atom stereocenters. The predicted molar refractivity (Wildman–Crippen MR) is 131 cm³/mol. The van der Waals surface area contributed by atoms with Gasteiger partial charge in [0.15, 0.2) is 0 Å². The summed E-state index contributed by atoms with van der Waals surface area (Å²) in [6, 6.07) is 0. The Morgan fingerprint density at radius 2 is 1.97 bits per heavy atom. The van der Waals surface area contributed by atoms with Crippen molar-refractivity contribution in [1.82, 2.24) is 0 Å². The predicted octanol–water partition coefficient (Wildman–Crippen LogP) is 6.18. The van der Waals surface area contributed by atoms with Gasteiger partial charge in [-0.1, -0.05) is 34.9 Å². The standard InChI is InChI=1S/C24H44O5S2/c1-5-24(4,29-22(25)11-7-6-10-21-12-18-30-31-21)14-17-28-23(2,3)13-16-26-19-20-9-8-15-27-20/h20-21H,5-19H2,1-4H3. The monoisotopic (exact) mass is 476 g/mol. The Hall–Kier alpha value is 0.0500. The molecule has 3 unspecified atom stereocenters. The van der Waals surface area contributed by atoms with Crippen LogP contribution in [0.15, 0.2) is 0 Å². The molecule has 2 saturated heterocycles. The Morgan fingerprint density at radius 3 is 2.65 bits per heavy atom. The van der Waals surface area contributed by atoms with Crippen LogP contribution in [-0.2, 0) is 23.7 Å². The Morgan fingerprint density at radius 1 is 1.13 bits per heavy atom. The smallest absolute Gasteiger partial charge is 0.306 e. The molecule has 0 N–H and O–H groups in total. The molecule has 2 heterocycles. The molecule has 7 heteroatoms. The number of rotatable bonds is 16. The maximum atomic E-state index is 12.4. The van der Waals surface area contributed by atoms with Crippen molar-refractivity contribution < 1.29 is 23.7 Å². The van der Waals surface area contributed by atoms with Crippen LogP contribution in [0.2, 0.25) is 0 Å². The topological polar surface area (TPSA) is 54.0 Å². The lowest BCUT2D eigenvalue weighted by Gasteiger charge is -2.31. The molecule has 2 aliphatic heterocycles. The summed E-state index contributed by atoms with van der Waals surface area (Å²) in [4.78, 5) is 12.4. The van der Waals surface area contributed by atoms with Gasteiger partial charge in [-0.3, -0.25) is 4.79 Å². The molecule has 0 bridgehead atoms. The number of hydrogen-bond acceptors (Lipinski definition) is 7. The summed E-state index contributed by atoms with van der Waals surface area (Å²) in [5.74, 6) is 1.20. The number of esters is 1. The molecule has 0 aromatic carbocycles. The van der Waals surface area contributed by atoms with Gasteiger partial charge in [0.2, 0.25) is 0 Å². The van der Waals surface area contributed by atoms with Crippen molar-refractivity contribution in [3.05, 3.63) is 0 Å². The third kappa shape index (κ3) is 11.6. The van der Waals surface area contributed by atoms with E-state index in [1.807, 2.05) is 28.5 Å². The van der Waals surface area contributed by atoms with Crippen LogP contribution in [0.5, 0.6) is 0 Å². The average molecular weight is 477 g/mol. The summed E-state index contributed by atoms with van der Waals surface area (Å²) >= 11 is 0. The van der Waals surface area contributed by atoms with Gasteiger partial charge >= 0.3 is 5.97 Å². The van der Waals surface area contributed by atoms with Gasteiger partial charge in [-0.15, -0.1) is 0 Å². The highest BCUT2D eigenvalue weighted by atomic mass is 33.1. The van der Waals surface area contributed by atoms with Crippen LogP contribution >= 0.6 is 21.6 Å². The van der Waals surface area contributed by atoms with E-state index in [0.717, 1.165) is 50.4 Å². The largest absolute Gasteiger partial charge is 0.459 e. The van der Waals surface area contributed by atoms with E-state index in [4.69, 9.17) is 18.9 Å². The molecular formula is C24H44O5S2. The first-order chi connectivity index (χ1) is 14.8. The highest BCUT2D eigenvalue weighted by molar-refractivity contribution is 8.77. The van der Waals surface area contributed by atoms with Gasteiger partial charge in [0, 0.05) is 37.1 Å². The summed E-state index contributed by atoms with van der Waals surface area (Å²) in [7, 11) is 3.99. The number of hydrogen-bond donors (Lipinski definition) is 0. The van der Waals surface area contributed by atoms with Crippen molar-refractivity contribution in [2.24, 2.45) is 0 Å². The van der Waals surface area contributed by atoms with Gasteiger partial charge < -0.3 is 18.9 Å². The molecule has 0 spiro atoms. The molecule has 0 amide bonds. The summed E-state index contributed by atoms with van der Waals surface area (Å²) < 4.78 is 23.4. The second-order valence-electron chi connectivity index (χ2n) is 9.67. The highest BCUT2D eigenvalue weighted by Crippen LogP contribution is 2.40. The molecule has 2 fully saturated rings. The quantitative estimate of drug-likeness (QED) is 0.150. The van der Waals surface area contributed by atoms with Crippen molar-refractivity contribution in [2.75, 3.05) is 32.2 Å². The Balaban J connectivity index is 1.56. The molecule has 31 heavy (non-hydrogen) atoms. The molecule has 0 aromatic rings. The molecule has 182 valence electrons.